The second-order valence-electron chi connectivity index (χ2n) is 3.09. The van der Waals surface area contributed by atoms with Crippen molar-refractivity contribution in [3.63, 3.8) is 0 Å². The van der Waals surface area contributed by atoms with Crippen LogP contribution in [0, 0.1) is 0 Å². The van der Waals surface area contributed by atoms with E-state index >= 15 is 0 Å². The molecule has 0 aromatic rings. The lowest BCUT2D eigenvalue weighted by Gasteiger charge is -2.21. The van der Waals surface area contributed by atoms with E-state index in [4.69, 9.17) is 5.73 Å². The van der Waals surface area contributed by atoms with E-state index in [0.717, 1.165) is 0 Å². The van der Waals surface area contributed by atoms with E-state index in [2.05, 4.69) is 5.43 Å². The maximum Gasteiger partial charge on any atom is 0.257 e. The molecule has 0 radical (unpaired) electrons. The molecule has 5 nitrogen and oxygen atoms in total. The Morgan fingerprint density at radius 1 is 1.83 bits per heavy atom. The number of hydrogen-bond donors (Lipinski definition) is 2. The Morgan fingerprint density at radius 2 is 2.42 bits per heavy atom. The monoisotopic (exact) mass is 171 g/mol. The number of nitrogens with one attached hydrogen (secondary N) is 1. The molecule has 1 aliphatic rings. The van der Waals surface area contributed by atoms with E-state index in [1.807, 2.05) is 0 Å². The molecule has 0 spiro atoms. The third kappa shape index (κ3) is 1.55. The van der Waals surface area contributed by atoms with Crippen LogP contribution in [0.1, 0.15) is 20.3 Å². The van der Waals surface area contributed by atoms with Gasteiger partial charge in [-0.2, -0.15) is 0 Å². The number of nitrogens with two attached hydrogens (primary N) is 1. The molecule has 5 heteroatoms. The van der Waals surface area contributed by atoms with Gasteiger partial charge in [0.2, 0.25) is 5.91 Å². The van der Waals surface area contributed by atoms with Crippen LogP contribution < -0.4 is 11.2 Å². The molecule has 68 valence electrons. The smallest absolute Gasteiger partial charge is 0.257 e. The van der Waals surface area contributed by atoms with Crippen LogP contribution in [0.15, 0.2) is 0 Å². The minimum atomic E-state index is -0.564. The van der Waals surface area contributed by atoms with Crippen molar-refractivity contribution in [1.29, 1.82) is 0 Å². The summed E-state index contributed by atoms with van der Waals surface area (Å²) in [5, 5.41) is 1.30. The number of carbonyl (C=O) groups excluding carboxylic acids is 2. The van der Waals surface area contributed by atoms with Gasteiger partial charge in [-0.1, -0.05) is 0 Å². The third-order valence-electron chi connectivity index (χ3n) is 1.79. The van der Waals surface area contributed by atoms with Gasteiger partial charge in [-0.15, -0.1) is 0 Å². The van der Waals surface area contributed by atoms with Crippen molar-refractivity contribution in [2.75, 3.05) is 0 Å². The molecule has 1 rings (SSSR count). The number of rotatable bonds is 1. The van der Waals surface area contributed by atoms with Gasteiger partial charge in [0.05, 0.1) is 18.5 Å². The fraction of sp³-hybridized carbons (Fsp3) is 0.714. The second-order valence-corrected chi connectivity index (χ2v) is 3.09. The van der Waals surface area contributed by atoms with Gasteiger partial charge in [0, 0.05) is 0 Å². The molecule has 2 amide bonds. The molecule has 1 saturated heterocycles. The molecular formula is C7H13N3O2. The highest BCUT2D eigenvalue weighted by atomic mass is 16.2. The van der Waals surface area contributed by atoms with Crippen LogP contribution in [0.4, 0.5) is 0 Å². The summed E-state index contributed by atoms with van der Waals surface area (Å²) in [5.74, 6) is -0.371. The molecule has 0 saturated carbocycles. The minimum Gasteiger partial charge on any atom is -0.320 e. The Balaban J connectivity index is 2.64. The zero-order valence-electron chi connectivity index (χ0n) is 7.20. The van der Waals surface area contributed by atoms with Crippen molar-refractivity contribution >= 4 is 11.8 Å². The molecule has 0 aromatic heterocycles. The van der Waals surface area contributed by atoms with E-state index in [1.165, 1.54) is 5.01 Å². The molecule has 2 unspecified atom stereocenters. The summed E-state index contributed by atoms with van der Waals surface area (Å²) >= 11 is 0. The fourth-order valence-electron chi connectivity index (χ4n) is 1.14. The van der Waals surface area contributed by atoms with Crippen LogP contribution in [0.25, 0.3) is 0 Å². The van der Waals surface area contributed by atoms with Crippen LogP contribution >= 0.6 is 0 Å². The van der Waals surface area contributed by atoms with E-state index in [-0.39, 0.29) is 17.9 Å². The lowest BCUT2D eigenvalue weighted by atomic mass is 10.2. The first-order valence-corrected chi connectivity index (χ1v) is 3.90. The average Bonchev–Trinajstić information content (AvgIpc) is 2.28. The SMILES string of the molecule is CC(N)C(=O)N1NC(=O)CC1C. The highest BCUT2D eigenvalue weighted by Crippen LogP contribution is 2.09. The van der Waals surface area contributed by atoms with Crippen LogP contribution in [0.3, 0.4) is 0 Å². The second kappa shape index (κ2) is 3.10. The quantitative estimate of drug-likeness (QED) is 0.530. The van der Waals surface area contributed by atoms with Crippen molar-refractivity contribution < 1.29 is 9.59 Å². The molecule has 0 bridgehead atoms. The van der Waals surface area contributed by atoms with Crippen molar-refractivity contribution in [3.05, 3.63) is 0 Å². The van der Waals surface area contributed by atoms with Gasteiger partial charge >= 0.3 is 0 Å². The maximum atomic E-state index is 11.3. The standard InChI is InChI=1S/C7H13N3O2/c1-4-3-6(11)9-10(4)7(12)5(2)8/h4-5H,3,8H2,1-2H3,(H,9,11). The summed E-state index contributed by atoms with van der Waals surface area (Å²) in [4.78, 5) is 22.1. The number of carbonyl (C=O) groups is 2. The normalized spacial score (nSPS) is 25.4. The predicted molar refractivity (Wildman–Crippen MR) is 42.7 cm³/mol. The Kier molecular flexibility index (Phi) is 2.32. The summed E-state index contributed by atoms with van der Waals surface area (Å²) in [7, 11) is 0. The Labute approximate surface area is 70.9 Å². The van der Waals surface area contributed by atoms with Gasteiger partial charge < -0.3 is 5.73 Å². The van der Waals surface area contributed by atoms with Gasteiger partial charge in [0.15, 0.2) is 0 Å². The van der Waals surface area contributed by atoms with E-state index in [0.29, 0.717) is 6.42 Å². The highest BCUT2D eigenvalue weighted by molar-refractivity contribution is 5.88. The van der Waals surface area contributed by atoms with Crippen LogP contribution in [0.2, 0.25) is 0 Å². The average molecular weight is 171 g/mol. The number of hydrogen-bond acceptors (Lipinski definition) is 3. The summed E-state index contributed by atoms with van der Waals surface area (Å²) in [6.45, 7) is 3.40. The molecule has 2 atom stereocenters. The Bertz CT molecular complexity index is 215. The summed E-state index contributed by atoms with van der Waals surface area (Å²) < 4.78 is 0. The predicted octanol–water partition coefficient (Wildman–Crippen LogP) is -1.01. The first-order valence-electron chi connectivity index (χ1n) is 3.90. The van der Waals surface area contributed by atoms with Crippen LogP contribution in [-0.2, 0) is 9.59 Å². The molecule has 12 heavy (non-hydrogen) atoms. The lowest BCUT2D eigenvalue weighted by molar-refractivity contribution is -0.138. The van der Waals surface area contributed by atoms with Gasteiger partial charge in [0.1, 0.15) is 0 Å². The van der Waals surface area contributed by atoms with E-state index < -0.39 is 6.04 Å². The molecule has 0 aromatic carbocycles. The summed E-state index contributed by atoms with van der Waals surface area (Å²) in [6.07, 6.45) is 0.360. The first-order chi connectivity index (χ1) is 5.52. The third-order valence-corrected chi connectivity index (χ3v) is 1.79. The van der Waals surface area contributed by atoms with Crippen LogP contribution in [0.5, 0.6) is 0 Å². The van der Waals surface area contributed by atoms with Gasteiger partial charge in [0.25, 0.3) is 5.91 Å². The van der Waals surface area contributed by atoms with Gasteiger partial charge in [-0.25, -0.2) is 5.01 Å². The molecule has 1 aliphatic heterocycles. The molecular weight excluding hydrogens is 158 g/mol. The maximum absolute atomic E-state index is 11.3. The van der Waals surface area contributed by atoms with Crippen molar-refractivity contribution in [3.8, 4) is 0 Å². The molecule has 1 fully saturated rings. The van der Waals surface area contributed by atoms with Crippen molar-refractivity contribution in [2.45, 2.75) is 32.4 Å². The number of nitrogens with zero attached hydrogens (tertiary/aromatic N) is 1. The first kappa shape index (κ1) is 8.99. The number of hydrazine groups is 1. The Morgan fingerprint density at radius 3 is 2.75 bits per heavy atom. The van der Waals surface area contributed by atoms with E-state index in [9.17, 15) is 9.59 Å². The number of amides is 2. The van der Waals surface area contributed by atoms with Crippen molar-refractivity contribution in [1.82, 2.24) is 10.4 Å². The highest BCUT2D eigenvalue weighted by Gasteiger charge is 2.31. The molecule has 0 aliphatic carbocycles. The van der Waals surface area contributed by atoms with Crippen molar-refractivity contribution in [2.24, 2.45) is 5.73 Å². The molecule has 3 N–H and O–H groups in total. The Hall–Kier alpha value is -1.10. The van der Waals surface area contributed by atoms with Gasteiger partial charge in [-0.05, 0) is 13.8 Å². The minimum absolute atomic E-state index is 0.0870. The van der Waals surface area contributed by atoms with Gasteiger partial charge in [-0.3, -0.25) is 15.0 Å². The summed E-state index contributed by atoms with van der Waals surface area (Å²) in [6, 6.07) is -0.651. The lowest BCUT2D eigenvalue weighted by Crippen LogP contribution is -2.49. The molecule has 1 heterocycles. The van der Waals surface area contributed by atoms with Crippen LogP contribution in [-0.4, -0.2) is 28.9 Å². The zero-order valence-corrected chi connectivity index (χ0v) is 7.20. The van der Waals surface area contributed by atoms with E-state index in [1.54, 1.807) is 13.8 Å². The largest absolute Gasteiger partial charge is 0.320 e. The topological polar surface area (TPSA) is 75.4 Å². The summed E-state index contributed by atoms with van der Waals surface area (Å²) in [5.41, 5.74) is 7.83. The zero-order chi connectivity index (χ0) is 9.30. The fourth-order valence-corrected chi connectivity index (χ4v) is 1.14.